The molecule has 0 fully saturated rings. The minimum Gasteiger partial charge on any atom is -0.309 e. The largest absolute Gasteiger partial charge is 0.309 e. The summed E-state index contributed by atoms with van der Waals surface area (Å²) in [5.41, 5.74) is 31.2. The Morgan fingerprint density at radius 3 is 1.07 bits per heavy atom. The van der Waals surface area contributed by atoms with Crippen LogP contribution in [0.1, 0.15) is 0 Å². The van der Waals surface area contributed by atoms with E-state index in [1.54, 1.807) is 0 Å². The Bertz CT molecular complexity index is 7690. The maximum Gasteiger partial charge on any atom is 0.0558 e. The quantitative estimate of drug-likeness (QED) is 0.143. The normalized spacial score (nSPS) is 12.5. The van der Waals surface area contributed by atoms with Crippen LogP contribution in [0.15, 0.2) is 396 Å². The molecular formula is C104H62N4S2. The zero-order valence-electron chi connectivity index (χ0n) is 59.4. The SMILES string of the molecule is c1ccc(-c2ccc3c(c2)c2ccccc2n3-c2cccc(-c3ccc4c(c3)Sc3cc5c(c6cccc-4c36)c3ccc(-c4cccc(-c6ccc7c(c6)c6ccccc6n7-c6ccc(-c7ccc8c(c7)Sc7cc9c(c%10cccc-8c7%10)c7ccccc7n9-c7ccccc7)cc6)c4)cc3n5-c3ccccc3)c2)cc1. The van der Waals surface area contributed by atoms with Crippen LogP contribution in [0.3, 0.4) is 0 Å². The molecule has 22 aromatic rings. The van der Waals surface area contributed by atoms with Crippen molar-refractivity contribution in [2.24, 2.45) is 0 Å². The van der Waals surface area contributed by atoms with Crippen molar-refractivity contribution in [1.29, 1.82) is 0 Å². The van der Waals surface area contributed by atoms with Gasteiger partial charge in [0.05, 0.1) is 44.1 Å². The molecule has 2 aliphatic heterocycles. The summed E-state index contributed by atoms with van der Waals surface area (Å²) in [5, 5.41) is 15.3. The molecule has 0 amide bonds. The first-order chi connectivity index (χ1) is 54.5. The van der Waals surface area contributed by atoms with E-state index in [-0.39, 0.29) is 0 Å². The molecule has 0 radical (unpaired) electrons. The number of hydrogen-bond acceptors (Lipinski definition) is 2. The molecule has 4 aromatic heterocycles. The summed E-state index contributed by atoms with van der Waals surface area (Å²) in [5.74, 6) is 0. The standard InChI is InChI=1S/C104H62N4S2/c1-4-20-63(21-5-1)68-45-52-93-87(56-68)78-31-11-14-38-90(78)108(93)76-29-17-24-67(55-76)72-43-50-80-82-34-19-36-86-102-84-51-44-70(58-94(84)107(74-27-8-3-9-28-74)96(102)62-100(104(82)86)110-98(80)60-72)66-23-16-22-65(54-66)69-46-53-92-88(57-69)77-30-10-13-37-89(77)105(92)75-47-40-64(41-48-75)71-42-49-79-81-33-18-35-85-101-83-32-12-15-39-91(83)106(73-25-6-2-7-26-73)95(101)61-99(103(81)85)109-97(79)59-71/h1-62H. The molecule has 0 N–H and O–H groups in total. The maximum absolute atomic E-state index is 2.50. The lowest BCUT2D eigenvalue weighted by Crippen LogP contribution is -1.97. The van der Waals surface area contributed by atoms with Crippen LogP contribution in [0, 0.1) is 0 Å². The molecule has 4 nitrogen and oxygen atoms in total. The summed E-state index contributed by atoms with van der Waals surface area (Å²) in [4.78, 5) is 5.10. The molecule has 0 aliphatic carbocycles. The number of hydrogen-bond donors (Lipinski definition) is 0. The number of aromatic nitrogens is 4. The Morgan fingerprint density at radius 2 is 0.491 bits per heavy atom. The monoisotopic (exact) mass is 1430 g/mol. The van der Waals surface area contributed by atoms with Crippen molar-refractivity contribution in [3.63, 3.8) is 0 Å². The zero-order chi connectivity index (χ0) is 71.8. The topological polar surface area (TPSA) is 19.7 Å². The van der Waals surface area contributed by atoms with Gasteiger partial charge in [-0.1, -0.05) is 272 Å². The van der Waals surface area contributed by atoms with Gasteiger partial charge in [-0.2, -0.15) is 0 Å². The fourth-order valence-electron chi connectivity index (χ4n) is 18.6. The van der Waals surface area contributed by atoms with Crippen molar-refractivity contribution in [2.75, 3.05) is 0 Å². The van der Waals surface area contributed by atoms with Crippen molar-refractivity contribution in [3.8, 4) is 101 Å². The van der Waals surface area contributed by atoms with Gasteiger partial charge in [0.2, 0.25) is 0 Å². The van der Waals surface area contributed by atoms with Crippen LogP contribution in [-0.2, 0) is 0 Å². The van der Waals surface area contributed by atoms with Crippen LogP contribution in [0.2, 0.25) is 0 Å². The first-order valence-electron chi connectivity index (χ1n) is 37.8. The number of para-hydroxylation sites is 5. The van der Waals surface area contributed by atoms with Crippen molar-refractivity contribution >= 4 is 132 Å². The summed E-state index contributed by atoms with van der Waals surface area (Å²) in [7, 11) is 0. The molecule has 6 heteroatoms. The third-order valence-electron chi connectivity index (χ3n) is 23.5. The van der Waals surface area contributed by atoms with Crippen molar-refractivity contribution < 1.29 is 0 Å². The molecule has 24 rings (SSSR count). The second-order valence-electron chi connectivity index (χ2n) is 29.4. The zero-order valence-corrected chi connectivity index (χ0v) is 61.0. The Hall–Kier alpha value is -13.6. The van der Waals surface area contributed by atoms with E-state index in [4.69, 9.17) is 0 Å². The highest BCUT2D eigenvalue weighted by atomic mass is 32.2. The highest BCUT2D eigenvalue weighted by Gasteiger charge is 2.28. The predicted octanol–water partition coefficient (Wildman–Crippen LogP) is 29.0. The second-order valence-corrected chi connectivity index (χ2v) is 31.6. The van der Waals surface area contributed by atoms with Crippen molar-refractivity contribution in [1.82, 2.24) is 18.3 Å². The first-order valence-corrected chi connectivity index (χ1v) is 39.4. The summed E-state index contributed by atoms with van der Waals surface area (Å²) in [6.45, 7) is 0. The van der Waals surface area contributed by atoms with Crippen molar-refractivity contribution in [2.45, 2.75) is 19.6 Å². The highest BCUT2D eigenvalue weighted by Crippen LogP contribution is 2.55. The van der Waals surface area contributed by atoms with Crippen LogP contribution >= 0.6 is 23.5 Å². The molecule has 2 aliphatic rings. The number of fused-ring (bicyclic) bond motifs is 18. The molecule has 0 atom stereocenters. The number of nitrogens with zero attached hydrogens (tertiary/aromatic N) is 4. The van der Waals surface area contributed by atoms with Crippen molar-refractivity contribution in [3.05, 3.63) is 376 Å². The Kier molecular flexibility index (Phi) is 13.4. The van der Waals surface area contributed by atoms with E-state index in [0.717, 1.165) is 17.1 Å². The van der Waals surface area contributed by atoms with Gasteiger partial charge in [0.25, 0.3) is 0 Å². The number of benzene rings is 18. The minimum absolute atomic E-state index is 1.13. The first kappa shape index (κ1) is 61.5. The molecule has 0 saturated carbocycles. The minimum atomic E-state index is 1.13. The van der Waals surface area contributed by atoms with E-state index in [1.165, 1.54) is 212 Å². The molecule has 18 aromatic carbocycles. The van der Waals surface area contributed by atoms with Crippen LogP contribution in [0.25, 0.3) is 209 Å². The fraction of sp³-hybridized carbons (Fsp3) is 0. The number of rotatable bonds is 9. The molecule has 0 unspecified atom stereocenters. The van der Waals surface area contributed by atoms with E-state index in [0.29, 0.717) is 0 Å². The Morgan fingerprint density at radius 1 is 0.145 bits per heavy atom. The Balaban J connectivity index is 0.552. The third-order valence-corrected chi connectivity index (χ3v) is 25.7. The average molecular weight is 1430 g/mol. The van der Waals surface area contributed by atoms with Gasteiger partial charge < -0.3 is 18.3 Å². The van der Waals surface area contributed by atoms with Gasteiger partial charge in [0.15, 0.2) is 0 Å². The average Bonchev–Trinajstić information content (AvgIpc) is 1.47. The van der Waals surface area contributed by atoms with Crippen LogP contribution < -0.4 is 0 Å². The summed E-state index contributed by atoms with van der Waals surface area (Å²) in [6.07, 6.45) is 0. The molecular weight excluding hydrogens is 1370 g/mol. The Labute approximate surface area is 642 Å². The van der Waals surface area contributed by atoms with Gasteiger partial charge in [-0.3, -0.25) is 0 Å². The predicted molar refractivity (Wildman–Crippen MR) is 465 cm³/mol. The highest BCUT2D eigenvalue weighted by molar-refractivity contribution is 8.00. The molecule has 0 saturated heterocycles. The van der Waals surface area contributed by atoms with E-state index < -0.39 is 0 Å². The summed E-state index contributed by atoms with van der Waals surface area (Å²) >= 11 is 3.80. The third kappa shape index (κ3) is 9.24. The smallest absolute Gasteiger partial charge is 0.0558 e. The maximum atomic E-state index is 2.50. The molecule has 0 spiro atoms. The van der Waals surface area contributed by atoms with Gasteiger partial charge >= 0.3 is 0 Å². The molecule has 510 valence electrons. The van der Waals surface area contributed by atoms with Gasteiger partial charge in [-0.15, -0.1) is 0 Å². The van der Waals surface area contributed by atoms with Gasteiger partial charge in [-0.05, 0) is 216 Å². The molecule has 6 heterocycles. The lowest BCUT2D eigenvalue weighted by atomic mass is 9.93. The second kappa shape index (κ2) is 23.9. The van der Waals surface area contributed by atoms with Gasteiger partial charge in [0, 0.05) is 96.2 Å². The van der Waals surface area contributed by atoms with E-state index >= 15 is 0 Å². The van der Waals surface area contributed by atoms with Crippen LogP contribution in [-0.4, -0.2) is 18.3 Å². The van der Waals surface area contributed by atoms with E-state index in [1.807, 2.05) is 23.5 Å². The van der Waals surface area contributed by atoms with Crippen LogP contribution in [0.4, 0.5) is 0 Å². The molecule has 0 bridgehead atoms. The lowest BCUT2D eigenvalue weighted by Gasteiger charge is -2.22. The summed E-state index contributed by atoms with van der Waals surface area (Å²) < 4.78 is 9.81. The van der Waals surface area contributed by atoms with Crippen LogP contribution in [0.5, 0.6) is 0 Å². The van der Waals surface area contributed by atoms with Gasteiger partial charge in [-0.25, -0.2) is 0 Å². The lowest BCUT2D eigenvalue weighted by molar-refractivity contribution is 1.18. The van der Waals surface area contributed by atoms with E-state index in [9.17, 15) is 0 Å². The van der Waals surface area contributed by atoms with E-state index in [2.05, 4.69) is 394 Å². The fourth-order valence-corrected chi connectivity index (χ4v) is 21.0. The molecule has 110 heavy (non-hydrogen) atoms. The summed E-state index contributed by atoms with van der Waals surface area (Å²) in [6, 6.07) is 140. The van der Waals surface area contributed by atoms with Gasteiger partial charge in [0.1, 0.15) is 0 Å².